The summed E-state index contributed by atoms with van der Waals surface area (Å²) in [7, 11) is 0. The summed E-state index contributed by atoms with van der Waals surface area (Å²) < 4.78 is 6.32. The standard InChI is InChI=1S/C14H20BrNO3/c1-3-5-13(14(17)18)19-12-7-6-10(8-11(12)15)9-16-4-2/h6-8,13,16H,3-5,9H2,1-2H3,(H,17,18). The zero-order valence-corrected chi connectivity index (χ0v) is 12.9. The van der Waals surface area contributed by atoms with E-state index in [1.165, 1.54) is 0 Å². The topological polar surface area (TPSA) is 58.6 Å². The predicted octanol–water partition coefficient (Wildman–Crippen LogP) is 3.19. The molecule has 0 heterocycles. The minimum atomic E-state index is -0.925. The highest BCUT2D eigenvalue weighted by Crippen LogP contribution is 2.27. The van der Waals surface area contributed by atoms with Gasteiger partial charge in [0.15, 0.2) is 6.10 Å². The predicted molar refractivity (Wildman–Crippen MR) is 78.5 cm³/mol. The van der Waals surface area contributed by atoms with Crippen molar-refractivity contribution in [3.8, 4) is 5.75 Å². The van der Waals surface area contributed by atoms with Crippen LogP contribution in [0, 0.1) is 0 Å². The van der Waals surface area contributed by atoms with E-state index in [4.69, 9.17) is 9.84 Å². The Kier molecular flexibility index (Phi) is 6.87. The van der Waals surface area contributed by atoms with Gasteiger partial charge in [0, 0.05) is 6.54 Å². The van der Waals surface area contributed by atoms with Crippen molar-refractivity contribution < 1.29 is 14.6 Å². The third-order valence-corrected chi connectivity index (χ3v) is 3.29. The van der Waals surface area contributed by atoms with Crippen molar-refractivity contribution in [2.45, 2.75) is 39.3 Å². The zero-order valence-electron chi connectivity index (χ0n) is 11.3. The van der Waals surface area contributed by atoms with E-state index in [0.29, 0.717) is 12.2 Å². The first-order valence-corrected chi connectivity index (χ1v) is 7.26. The second-order valence-corrected chi connectivity index (χ2v) is 5.13. The van der Waals surface area contributed by atoms with Crippen molar-refractivity contribution in [2.75, 3.05) is 6.54 Å². The molecule has 2 N–H and O–H groups in total. The average Bonchev–Trinajstić information content (AvgIpc) is 2.38. The van der Waals surface area contributed by atoms with Gasteiger partial charge in [-0.25, -0.2) is 4.79 Å². The van der Waals surface area contributed by atoms with E-state index in [1.54, 1.807) is 0 Å². The minimum Gasteiger partial charge on any atom is -0.479 e. The Morgan fingerprint density at radius 1 is 1.47 bits per heavy atom. The van der Waals surface area contributed by atoms with Gasteiger partial charge in [-0.3, -0.25) is 0 Å². The fourth-order valence-corrected chi connectivity index (χ4v) is 2.19. The molecule has 4 nitrogen and oxygen atoms in total. The van der Waals surface area contributed by atoms with E-state index in [2.05, 4.69) is 28.2 Å². The van der Waals surface area contributed by atoms with Gasteiger partial charge in [0.25, 0.3) is 0 Å². The molecule has 19 heavy (non-hydrogen) atoms. The van der Waals surface area contributed by atoms with Gasteiger partial charge in [0.2, 0.25) is 0 Å². The van der Waals surface area contributed by atoms with E-state index in [1.807, 2.05) is 25.1 Å². The molecule has 1 atom stereocenters. The molecule has 0 spiro atoms. The van der Waals surface area contributed by atoms with Gasteiger partial charge in [0.1, 0.15) is 5.75 Å². The van der Waals surface area contributed by atoms with E-state index >= 15 is 0 Å². The maximum absolute atomic E-state index is 11.1. The first-order chi connectivity index (χ1) is 9.08. The van der Waals surface area contributed by atoms with Crippen LogP contribution in [0.3, 0.4) is 0 Å². The monoisotopic (exact) mass is 329 g/mol. The molecule has 1 unspecified atom stereocenters. The zero-order chi connectivity index (χ0) is 14.3. The van der Waals surface area contributed by atoms with Crippen LogP contribution in [0.15, 0.2) is 22.7 Å². The van der Waals surface area contributed by atoms with Crippen LogP contribution in [0.2, 0.25) is 0 Å². The lowest BCUT2D eigenvalue weighted by atomic mass is 10.2. The number of aliphatic carboxylic acids is 1. The summed E-state index contributed by atoms with van der Waals surface area (Å²) in [5.41, 5.74) is 1.13. The van der Waals surface area contributed by atoms with Crippen molar-refractivity contribution in [1.82, 2.24) is 5.32 Å². The second kappa shape index (κ2) is 8.17. The number of carboxylic acids is 1. The number of carboxylic acid groups (broad SMARTS) is 1. The molecule has 0 saturated carbocycles. The minimum absolute atomic E-state index is 0.501. The quantitative estimate of drug-likeness (QED) is 0.769. The lowest BCUT2D eigenvalue weighted by Gasteiger charge is -2.16. The smallest absolute Gasteiger partial charge is 0.344 e. The van der Waals surface area contributed by atoms with E-state index in [-0.39, 0.29) is 0 Å². The number of halogens is 1. The summed E-state index contributed by atoms with van der Waals surface area (Å²) in [6, 6.07) is 5.69. The summed E-state index contributed by atoms with van der Waals surface area (Å²) in [6.45, 7) is 5.68. The molecule has 0 aliphatic rings. The van der Waals surface area contributed by atoms with E-state index < -0.39 is 12.1 Å². The van der Waals surface area contributed by atoms with Crippen LogP contribution in [0.4, 0.5) is 0 Å². The van der Waals surface area contributed by atoms with Crippen molar-refractivity contribution in [1.29, 1.82) is 0 Å². The summed E-state index contributed by atoms with van der Waals surface area (Å²) in [5.74, 6) is -0.355. The van der Waals surface area contributed by atoms with Crippen molar-refractivity contribution in [2.24, 2.45) is 0 Å². The van der Waals surface area contributed by atoms with Crippen molar-refractivity contribution in [3.05, 3.63) is 28.2 Å². The van der Waals surface area contributed by atoms with Crippen LogP contribution >= 0.6 is 15.9 Å². The van der Waals surface area contributed by atoms with Crippen LogP contribution in [-0.2, 0) is 11.3 Å². The maximum atomic E-state index is 11.1. The van der Waals surface area contributed by atoms with Gasteiger partial charge < -0.3 is 15.2 Å². The molecule has 106 valence electrons. The summed E-state index contributed by atoms with van der Waals surface area (Å²) in [4.78, 5) is 11.1. The molecule has 5 heteroatoms. The van der Waals surface area contributed by atoms with Crippen molar-refractivity contribution in [3.63, 3.8) is 0 Å². The number of rotatable bonds is 8. The Balaban J connectivity index is 2.75. The van der Waals surface area contributed by atoms with Crippen molar-refractivity contribution >= 4 is 21.9 Å². The van der Waals surface area contributed by atoms with Crippen LogP contribution < -0.4 is 10.1 Å². The summed E-state index contributed by atoms with van der Waals surface area (Å²) >= 11 is 3.42. The first kappa shape index (κ1) is 16.0. The molecule has 0 aromatic heterocycles. The largest absolute Gasteiger partial charge is 0.479 e. The molecular formula is C14H20BrNO3. The SMILES string of the molecule is CCCC(Oc1ccc(CNCC)cc1Br)C(=O)O. The fourth-order valence-electron chi connectivity index (χ4n) is 1.67. The third kappa shape index (κ3) is 5.20. The Labute approximate surface area is 122 Å². The van der Waals surface area contributed by atoms with Gasteiger partial charge in [-0.2, -0.15) is 0 Å². The molecule has 0 bridgehead atoms. The summed E-state index contributed by atoms with van der Waals surface area (Å²) in [5, 5.41) is 12.3. The average molecular weight is 330 g/mol. The van der Waals surface area contributed by atoms with Crippen LogP contribution in [-0.4, -0.2) is 23.7 Å². The van der Waals surface area contributed by atoms with E-state index in [0.717, 1.165) is 29.5 Å². The van der Waals surface area contributed by atoms with Gasteiger partial charge in [0.05, 0.1) is 4.47 Å². The van der Waals surface area contributed by atoms with Crippen LogP contribution in [0.1, 0.15) is 32.3 Å². The number of benzene rings is 1. The van der Waals surface area contributed by atoms with Crippen LogP contribution in [0.5, 0.6) is 5.75 Å². The number of ether oxygens (including phenoxy) is 1. The molecule has 1 aromatic carbocycles. The first-order valence-electron chi connectivity index (χ1n) is 6.47. The number of hydrogen-bond acceptors (Lipinski definition) is 3. The molecule has 0 aliphatic carbocycles. The Hall–Kier alpha value is -1.07. The van der Waals surface area contributed by atoms with Gasteiger partial charge in [-0.1, -0.05) is 26.3 Å². The van der Waals surface area contributed by atoms with E-state index in [9.17, 15) is 4.79 Å². The molecule has 0 saturated heterocycles. The lowest BCUT2D eigenvalue weighted by molar-refractivity contribution is -0.145. The second-order valence-electron chi connectivity index (χ2n) is 4.28. The molecule has 0 amide bonds. The Bertz CT molecular complexity index is 423. The van der Waals surface area contributed by atoms with Crippen LogP contribution in [0.25, 0.3) is 0 Å². The third-order valence-electron chi connectivity index (χ3n) is 2.67. The molecule has 1 rings (SSSR count). The normalized spacial score (nSPS) is 12.2. The highest BCUT2D eigenvalue weighted by Gasteiger charge is 2.19. The van der Waals surface area contributed by atoms with Gasteiger partial charge >= 0.3 is 5.97 Å². The number of hydrogen-bond donors (Lipinski definition) is 2. The fraction of sp³-hybridized carbons (Fsp3) is 0.500. The number of nitrogens with one attached hydrogen (secondary N) is 1. The highest BCUT2D eigenvalue weighted by atomic mass is 79.9. The van der Waals surface area contributed by atoms with Gasteiger partial charge in [-0.05, 0) is 46.6 Å². The lowest BCUT2D eigenvalue weighted by Crippen LogP contribution is -2.26. The van der Waals surface area contributed by atoms with Gasteiger partial charge in [-0.15, -0.1) is 0 Å². The molecule has 0 aliphatic heterocycles. The summed E-state index contributed by atoms with van der Waals surface area (Å²) in [6.07, 6.45) is 0.481. The molecule has 1 aromatic rings. The number of carbonyl (C=O) groups is 1. The molecule has 0 radical (unpaired) electrons. The maximum Gasteiger partial charge on any atom is 0.344 e. The molecule has 0 fully saturated rings. The Morgan fingerprint density at radius 3 is 2.74 bits per heavy atom. The highest BCUT2D eigenvalue weighted by molar-refractivity contribution is 9.10. The Morgan fingerprint density at radius 2 is 2.21 bits per heavy atom. The molecular weight excluding hydrogens is 310 g/mol.